The van der Waals surface area contributed by atoms with Crippen LogP contribution < -0.4 is 4.74 Å². The molecule has 0 saturated carbocycles. The molecule has 0 aliphatic carbocycles. The maximum absolute atomic E-state index is 5.82. The molecule has 0 amide bonds. The largest absolute Gasteiger partial charge is 0.495 e. The summed E-state index contributed by atoms with van der Waals surface area (Å²) in [6.45, 7) is 0. The molecular formula is C7H6Br2ClNO. The maximum Gasteiger partial charge on any atom is 0.137 e. The molecule has 5 heteroatoms. The second-order valence-electron chi connectivity index (χ2n) is 2.06. The zero-order chi connectivity index (χ0) is 9.14. The number of pyridine rings is 1. The van der Waals surface area contributed by atoms with Crippen LogP contribution in [0, 0.1) is 0 Å². The van der Waals surface area contributed by atoms with Crippen molar-refractivity contribution >= 4 is 43.5 Å². The smallest absolute Gasteiger partial charge is 0.137 e. The van der Waals surface area contributed by atoms with Gasteiger partial charge in [-0.15, -0.1) is 0 Å². The van der Waals surface area contributed by atoms with E-state index in [4.69, 9.17) is 16.3 Å². The van der Waals surface area contributed by atoms with Crippen molar-refractivity contribution in [2.75, 3.05) is 7.11 Å². The minimum absolute atomic E-state index is 0.0000926. The monoisotopic (exact) mass is 313 g/mol. The molecule has 0 fully saturated rings. The molecule has 2 nitrogen and oxygen atoms in total. The van der Waals surface area contributed by atoms with Crippen molar-refractivity contribution in [3.63, 3.8) is 0 Å². The Kier molecular flexibility index (Phi) is 3.80. The minimum Gasteiger partial charge on any atom is -0.495 e. The van der Waals surface area contributed by atoms with Gasteiger partial charge in [0.1, 0.15) is 10.9 Å². The Labute approximate surface area is 92.5 Å². The van der Waals surface area contributed by atoms with Gasteiger partial charge in [0.15, 0.2) is 0 Å². The molecule has 0 atom stereocenters. The lowest BCUT2D eigenvalue weighted by Gasteiger charge is -2.06. The molecule has 1 aromatic heterocycles. The minimum atomic E-state index is 0.0000926. The van der Waals surface area contributed by atoms with Gasteiger partial charge in [0, 0.05) is 5.56 Å². The molecular weight excluding hydrogens is 309 g/mol. The fraction of sp³-hybridized carbons (Fsp3) is 0.286. The summed E-state index contributed by atoms with van der Waals surface area (Å²) >= 11 is 12.5. The average Bonchev–Trinajstić information content (AvgIpc) is 2.05. The van der Waals surface area contributed by atoms with E-state index in [2.05, 4.69) is 36.8 Å². The van der Waals surface area contributed by atoms with Crippen molar-refractivity contribution in [3.8, 4) is 5.75 Å². The summed E-state index contributed by atoms with van der Waals surface area (Å²) in [6.07, 6.45) is 1.58. The number of hydrogen-bond donors (Lipinski definition) is 0. The van der Waals surface area contributed by atoms with Crippen LogP contribution in [0.2, 0.25) is 5.15 Å². The van der Waals surface area contributed by atoms with Gasteiger partial charge in [0.25, 0.3) is 0 Å². The SMILES string of the molecule is COc1cnc(Cl)c(C(Br)Br)c1. The predicted molar refractivity (Wildman–Crippen MR) is 56.4 cm³/mol. The number of hydrogen-bond acceptors (Lipinski definition) is 2. The first kappa shape index (κ1) is 10.3. The van der Waals surface area contributed by atoms with Crippen LogP contribution in [0.15, 0.2) is 12.3 Å². The van der Waals surface area contributed by atoms with Gasteiger partial charge in [-0.05, 0) is 6.07 Å². The van der Waals surface area contributed by atoms with Crippen LogP contribution in [0.1, 0.15) is 9.30 Å². The molecule has 0 aliphatic heterocycles. The first-order valence-corrected chi connectivity index (χ1v) is 5.33. The molecule has 0 N–H and O–H groups in total. The molecule has 1 aromatic rings. The topological polar surface area (TPSA) is 22.1 Å². The highest BCUT2D eigenvalue weighted by Crippen LogP contribution is 2.34. The van der Waals surface area contributed by atoms with Crippen LogP contribution in [0.4, 0.5) is 0 Å². The third-order valence-corrected chi connectivity index (χ3v) is 2.61. The molecule has 0 spiro atoms. The summed E-state index contributed by atoms with van der Waals surface area (Å²) in [5.41, 5.74) is 0.857. The second kappa shape index (κ2) is 4.44. The molecule has 0 aromatic carbocycles. The van der Waals surface area contributed by atoms with Gasteiger partial charge in [-0.3, -0.25) is 0 Å². The lowest BCUT2D eigenvalue weighted by molar-refractivity contribution is 0.412. The number of alkyl halides is 2. The van der Waals surface area contributed by atoms with Crippen LogP contribution in [0.3, 0.4) is 0 Å². The van der Waals surface area contributed by atoms with Crippen molar-refractivity contribution < 1.29 is 4.74 Å². The summed E-state index contributed by atoms with van der Waals surface area (Å²) in [7, 11) is 1.59. The number of ether oxygens (including phenoxy) is 1. The molecule has 66 valence electrons. The highest BCUT2D eigenvalue weighted by Gasteiger charge is 2.09. The Balaban J connectivity index is 3.08. The number of methoxy groups -OCH3 is 1. The molecule has 1 rings (SSSR count). The summed E-state index contributed by atoms with van der Waals surface area (Å²) in [5, 5.41) is 0.467. The van der Waals surface area contributed by atoms with Crippen LogP contribution in [0.5, 0.6) is 5.75 Å². The highest BCUT2D eigenvalue weighted by atomic mass is 79.9. The van der Waals surface area contributed by atoms with E-state index in [1.165, 1.54) is 0 Å². The van der Waals surface area contributed by atoms with Crippen molar-refractivity contribution in [1.29, 1.82) is 0 Å². The first-order chi connectivity index (χ1) is 5.65. The van der Waals surface area contributed by atoms with Crippen LogP contribution in [-0.4, -0.2) is 12.1 Å². The fourth-order valence-electron chi connectivity index (χ4n) is 0.710. The number of halogens is 3. The van der Waals surface area contributed by atoms with Gasteiger partial charge in [0.2, 0.25) is 0 Å². The summed E-state index contributed by atoms with van der Waals surface area (Å²) in [5.74, 6) is 0.693. The normalized spacial score (nSPS) is 10.4. The second-order valence-corrected chi connectivity index (χ2v) is 5.47. The zero-order valence-electron chi connectivity index (χ0n) is 6.22. The summed E-state index contributed by atoms with van der Waals surface area (Å²) < 4.78 is 5.00. The Bertz CT molecular complexity index is 280. The van der Waals surface area contributed by atoms with Crippen LogP contribution in [0.25, 0.3) is 0 Å². The van der Waals surface area contributed by atoms with Gasteiger partial charge in [-0.25, -0.2) is 4.98 Å². The Hall–Kier alpha value is 0.200. The van der Waals surface area contributed by atoms with Gasteiger partial charge in [0.05, 0.1) is 17.0 Å². The summed E-state index contributed by atoms with van der Waals surface area (Å²) in [6, 6.07) is 1.82. The molecule has 0 aliphatic rings. The molecule has 1 heterocycles. The van der Waals surface area contributed by atoms with Gasteiger partial charge in [-0.1, -0.05) is 43.5 Å². The zero-order valence-corrected chi connectivity index (χ0v) is 10.1. The summed E-state index contributed by atoms with van der Waals surface area (Å²) in [4.78, 5) is 3.95. The lowest BCUT2D eigenvalue weighted by atomic mass is 10.3. The number of rotatable bonds is 2. The van der Waals surface area contributed by atoms with E-state index >= 15 is 0 Å². The van der Waals surface area contributed by atoms with Crippen molar-refractivity contribution in [2.45, 2.75) is 3.74 Å². The average molecular weight is 315 g/mol. The van der Waals surface area contributed by atoms with E-state index in [-0.39, 0.29) is 3.74 Å². The Morgan fingerprint density at radius 1 is 1.58 bits per heavy atom. The Morgan fingerprint density at radius 3 is 2.75 bits per heavy atom. The van der Waals surface area contributed by atoms with Crippen molar-refractivity contribution in [2.24, 2.45) is 0 Å². The van der Waals surface area contributed by atoms with E-state index in [1.54, 1.807) is 13.3 Å². The van der Waals surface area contributed by atoms with E-state index in [0.29, 0.717) is 10.9 Å². The quantitative estimate of drug-likeness (QED) is 0.615. The van der Waals surface area contributed by atoms with E-state index in [9.17, 15) is 0 Å². The van der Waals surface area contributed by atoms with Crippen LogP contribution in [-0.2, 0) is 0 Å². The predicted octanol–water partition coefficient (Wildman–Crippen LogP) is 3.53. The number of aromatic nitrogens is 1. The first-order valence-electron chi connectivity index (χ1n) is 3.12. The maximum atomic E-state index is 5.82. The lowest BCUT2D eigenvalue weighted by Crippen LogP contribution is -1.90. The molecule has 0 radical (unpaired) electrons. The van der Waals surface area contributed by atoms with E-state index in [0.717, 1.165) is 5.56 Å². The molecule has 0 saturated heterocycles. The third-order valence-electron chi connectivity index (χ3n) is 1.31. The fourth-order valence-corrected chi connectivity index (χ4v) is 1.88. The molecule has 0 bridgehead atoms. The van der Waals surface area contributed by atoms with Crippen LogP contribution >= 0.6 is 43.5 Å². The Morgan fingerprint density at radius 2 is 2.25 bits per heavy atom. The standard InChI is InChI=1S/C7H6Br2ClNO/c1-12-4-2-5(6(8)9)7(10)11-3-4/h2-3,6H,1H3. The van der Waals surface area contributed by atoms with Gasteiger partial charge >= 0.3 is 0 Å². The van der Waals surface area contributed by atoms with E-state index in [1.807, 2.05) is 6.07 Å². The third kappa shape index (κ3) is 2.34. The van der Waals surface area contributed by atoms with Crippen molar-refractivity contribution in [3.05, 3.63) is 23.0 Å². The van der Waals surface area contributed by atoms with Gasteiger partial charge < -0.3 is 4.74 Å². The van der Waals surface area contributed by atoms with Crippen molar-refractivity contribution in [1.82, 2.24) is 4.98 Å². The van der Waals surface area contributed by atoms with E-state index < -0.39 is 0 Å². The van der Waals surface area contributed by atoms with Gasteiger partial charge in [-0.2, -0.15) is 0 Å². The highest BCUT2D eigenvalue weighted by molar-refractivity contribution is 9.24. The molecule has 0 unspecified atom stereocenters. The molecule has 12 heavy (non-hydrogen) atoms. The number of nitrogens with zero attached hydrogens (tertiary/aromatic N) is 1.